The van der Waals surface area contributed by atoms with Crippen molar-refractivity contribution in [2.75, 3.05) is 33.3 Å². The van der Waals surface area contributed by atoms with Gasteiger partial charge in [-0.3, -0.25) is 4.90 Å². The highest BCUT2D eigenvalue weighted by Crippen LogP contribution is 2.14. The Hall–Kier alpha value is -0.970. The largest absolute Gasteiger partial charge is 0.374 e. The maximum atomic E-state index is 13.2. The number of nitrogens with one attached hydrogen (secondary N) is 1. The molecule has 19 heavy (non-hydrogen) atoms. The fourth-order valence-corrected chi connectivity index (χ4v) is 2.60. The fourth-order valence-electron chi connectivity index (χ4n) is 2.60. The van der Waals surface area contributed by atoms with Crippen LogP contribution in [0, 0.1) is 5.82 Å². The average molecular weight is 266 g/mol. The number of hydrogen-bond acceptors (Lipinski definition) is 3. The summed E-state index contributed by atoms with van der Waals surface area (Å²) >= 11 is 0. The molecule has 0 amide bonds. The maximum absolute atomic E-state index is 13.2. The molecule has 1 fully saturated rings. The van der Waals surface area contributed by atoms with Crippen molar-refractivity contribution in [2.45, 2.75) is 25.5 Å². The average Bonchev–Trinajstić information content (AvgIpc) is 2.45. The van der Waals surface area contributed by atoms with Gasteiger partial charge in [-0.25, -0.2) is 4.39 Å². The molecule has 1 aliphatic rings. The van der Waals surface area contributed by atoms with Crippen LogP contribution in [0.25, 0.3) is 0 Å². The summed E-state index contributed by atoms with van der Waals surface area (Å²) in [5, 5.41) is 3.31. The molecule has 1 aromatic rings. The van der Waals surface area contributed by atoms with Crippen LogP contribution in [0.5, 0.6) is 0 Å². The van der Waals surface area contributed by atoms with Crippen molar-refractivity contribution in [1.29, 1.82) is 0 Å². The molecule has 106 valence electrons. The smallest absolute Gasteiger partial charge is 0.123 e. The minimum atomic E-state index is -0.174. The van der Waals surface area contributed by atoms with Crippen LogP contribution in [0.15, 0.2) is 24.3 Å². The van der Waals surface area contributed by atoms with E-state index < -0.39 is 0 Å². The molecule has 1 N–H and O–H groups in total. The summed E-state index contributed by atoms with van der Waals surface area (Å²) in [6.07, 6.45) is 0.957. The molecule has 1 aromatic carbocycles. The van der Waals surface area contributed by atoms with E-state index >= 15 is 0 Å². The van der Waals surface area contributed by atoms with Gasteiger partial charge >= 0.3 is 0 Å². The van der Waals surface area contributed by atoms with Crippen LogP contribution in [0.2, 0.25) is 0 Å². The van der Waals surface area contributed by atoms with Crippen LogP contribution in [0.4, 0.5) is 4.39 Å². The summed E-state index contributed by atoms with van der Waals surface area (Å²) in [7, 11) is 1.94. The van der Waals surface area contributed by atoms with Crippen LogP contribution in [-0.2, 0) is 11.2 Å². The first kappa shape index (κ1) is 14.4. The Labute approximate surface area is 114 Å². The highest BCUT2D eigenvalue weighted by atomic mass is 19.1. The Morgan fingerprint density at radius 3 is 3.05 bits per heavy atom. The predicted molar refractivity (Wildman–Crippen MR) is 74.8 cm³/mol. The van der Waals surface area contributed by atoms with Gasteiger partial charge < -0.3 is 10.1 Å². The summed E-state index contributed by atoms with van der Waals surface area (Å²) in [4.78, 5) is 2.39. The number of nitrogens with zero attached hydrogens (tertiary/aromatic N) is 1. The lowest BCUT2D eigenvalue weighted by molar-refractivity contribution is -0.0436. The van der Waals surface area contributed by atoms with Crippen molar-refractivity contribution in [1.82, 2.24) is 10.2 Å². The van der Waals surface area contributed by atoms with Crippen LogP contribution in [0.1, 0.15) is 12.5 Å². The fraction of sp³-hybridized carbons (Fsp3) is 0.600. The number of hydrogen-bond donors (Lipinski definition) is 1. The van der Waals surface area contributed by atoms with Gasteiger partial charge in [-0.2, -0.15) is 0 Å². The summed E-state index contributed by atoms with van der Waals surface area (Å²) < 4.78 is 19.1. The Bertz CT molecular complexity index is 399. The minimum Gasteiger partial charge on any atom is -0.374 e. The molecule has 0 radical (unpaired) electrons. The van der Waals surface area contributed by atoms with E-state index in [1.807, 2.05) is 13.1 Å². The second-order valence-corrected chi connectivity index (χ2v) is 5.03. The van der Waals surface area contributed by atoms with Crippen molar-refractivity contribution in [3.8, 4) is 0 Å². The van der Waals surface area contributed by atoms with Gasteiger partial charge in [0.05, 0.1) is 12.7 Å². The highest BCUT2D eigenvalue weighted by molar-refractivity contribution is 5.18. The van der Waals surface area contributed by atoms with Crippen molar-refractivity contribution in [3.05, 3.63) is 35.6 Å². The van der Waals surface area contributed by atoms with E-state index in [9.17, 15) is 4.39 Å². The number of ether oxygens (including phenoxy) is 1. The van der Waals surface area contributed by atoms with Crippen LogP contribution in [-0.4, -0.2) is 50.3 Å². The van der Waals surface area contributed by atoms with Crippen molar-refractivity contribution < 1.29 is 9.13 Å². The highest BCUT2D eigenvalue weighted by Gasteiger charge is 2.26. The van der Waals surface area contributed by atoms with Gasteiger partial charge in [-0.05, 0) is 37.7 Å². The van der Waals surface area contributed by atoms with Gasteiger partial charge in [0, 0.05) is 19.1 Å². The third-order valence-corrected chi connectivity index (χ3v) is 3.79. The first-order valence-corrected chi connectivity index (χ1v) is 6.98. The molecule has 0 aromatic heterocycles. The van der Waals surface area contributed by atoms with Gasteiger partial charge in [-0.1, -0.05) is 19.1 Å². The lowest BCUT2D eigenvalue weighted by Crippen LogP contribution is -2.52. The molecule has 0 spiro atoms. The second kappa shape index (κ2) is 6.98. The topological polar surface area (TPSA) is 24.5 Å². The predicted octanol–water partition coefficient (Wildman–Crippen LogP) is 1.68. The van der Waals surface area contributed by atoms with E-state index in [1.165, 1.54) is 6.07 Å². The standard InChI is InChI=1S/C15H23FN2O/c1-3-18-7-8-19-15(11-18)14(17-2)10-12-5-4-6-13(16)9-12/h4-6,9,14-15,17H,3,7-8,10-11H2,1-2H3. The maximum Gasteiger partial charge on any atom is 0.123 e. The van der Waals surface area contributed by atoms with E-state index in [-0.39, 0.29) is 18.0 Å². The molecule has 2 unspecified atom stereocenters. The van der Waals surface area contributed by atoms with Gasteiger partial charge in [0.2, 0.25) is 0 Å². The minimum absolute atomic E-state index is 0.168. The summed E-state index contributed by atoms with van der Waals surface area (Å²) in [6, 6.07) is 7.03. The third kappa shape index (κ3) is 4.00. The molecule has 0 saturated carbocycles. The van der Waals surface area contributed by atoms with E-state index in [0.29, 0.717) is 0 Å². The van der Waals surface area contributed by atoms with E-state index in [0.717, 1.165) is 38.2 Å². The lowest BCUT2D eigenvalue weighted by atomic mass is 10.00. The molecule has 1 aliphatic heterocycles. The number of likely N-dealkylation sites (N-methyl/N-ethyl adjacent to an activating group) is 2. The number of rotatable bonds is 5. The number of benzene rings is 1. The molecule has 1 saturated heterocycles. The first-order chi connectivity index (χ1) is 9.22. The third-order valence-electron chi connectivity index (χ3n) is 3.79. The Morgan fingerprint density at radius 2 is 2.37 bits per heavy atom. The van der Waals surface area contributed by atoms with Crippen LogP contribution in [0.3, 0.4) is 0 Å². The number of morpholine rings is 1. The normalized spacial score (nSPS) is 22.4. The molecule has 0 aliphatic carbocycles. The SMILES string of the molecule is CCN1CCOC(C(Cc2cccc(F)c2)NC)C1. The van der Waals surface area contributed by atoms with Crippen molar-refractivity contribution in [2.24, 2.45) is 0 Å². The first-order valence-electron chi connectivity index (χ1n) is 6.98. The zero-order chi connectivity index (χ0) is 13.7. The zero-order valence-corrected chi connectivity index (χ0v) is 11.7. The zero-order valence-electron chi connectivity index (χ0n) is 11.7. The summed E-state index contributed by atoms with van der Waals surface area (Å²) in [6.45, 7) is 5.94. The molecule has 4 heteroatoms. The number of halogens is 1. The Balaban J connectivity index is 1.99. The second-order valence-electron chi connectivity index (χ2n) is 5.03. The molecular formula is C15H23FN2O. The van der Waals surface area contributed by atoms with Crippen molar-refractivity contribution >= 4 is 0 Å². The summed E-state index contributed by atoms with van der Waals surface area (Å²) in [5.74, 6) is -0.174. The molecule has 1 heterocycles. The quantitative estimate of drug-likeness (QED) is 0.877. The lowest BCUT2D eigenvalue weighted by Gasteiger charge is -2.36. The van der Waals surface area contributed by atoms with Gasteiger partial charge in [0.15, 0.2) is 0 Å². The molecule has 2 rings (SSSR count). The molecule has 0 bridgehead atoms. The van der Waals surface area contributed by atoms with Gasteiger partial charge in [0.1, 0.15) is 5.82 Å². The summed E-state index contributed by atoms with van der Waals surface area (Å²) in [5.41, 5.74) is 1.01. The van der Waals surface area contributed by atoms with Crippen LogP contribution >= 0.6 is 0 Å². The van der Waals surface area contributed by atoms with E-state index in [4.69, 9.17) is 4.74 Å². The van der Waals surface area contributed by atoms with E-state index in [2.05, 4.69) is 17.1 Å². The van der Waals surface area contributed by atoms with Crippen molar-refractivity contribution in [3.63, 3.8) is 0 Å². The Kier molecular flexibility index (Phi) is 5.31. The van der Waals surface area contributed by atoms with Gasteiger partial charge in [0.25, 0.3) is 0 Å². The molecular weight excluding hydrogens is 243 g/mol. The molecule has 2 atom stereocenters. The van der Waals surface area contributed by atoms with E-state index in [1.54, 1.807) is 12.1 Å². The van der Waals surface area contributed by atoms with Gasteiger partial charge in [-0.15, -0.1) is 0 Å². The monoisotopic (exact) mass is 266 g/mol. The van der Waals surface area contributed by atoms with Crippen LogP contribution < -0.4 is 5.32 Å². The Morgan fingerprint density at radius 1 is 1.53 bits per heavy atom. The molecule has 3 nitrogen and oxygen atoms in total.